The van der Waals surface area contributed by atoms with E-state index in [-0.39, 0.29) is 29.7 Å². The summed E-state index contributed by atoms with van der Waals surface area (Å²) < 4.78 is 61.3. The van der Waals surface area contributed by atoms with Crippen LogP contribution in [0.1, 0.15) is 24.0 Å². The summed E-state index contributed by atoms with van der Waals surface area (Å²) in [7, 11) is -3.24. The zero-order valence-electron chi connectivity index (χ0n) is 21.1. The van der Waals surface area contributed by atoms with E-state index in [0.29, 0.717) is 30.2 Å². The molecule has 0 atom stereocenters. The van der Waals surface area contributed by atoms with Crippen molar-refractivity contribution in [1.82, 2.24) is 14.9 Å². The fourth-order valence-corrected chi connectivity index (χ4v) is 4.22. The standard InChI is InChI=1S/C28H27F2N3O5S/c1-39(35,36)25-12-6-20(7-13-25)18-38-23-10-8-21(9-11-23)26-17-33(19-32-26)28(34)31-14-3-15-37-24-5-2-4-22(16-24)27(29)30/h2,4-13,16-17,19,27H,3,14-15,18H2,1H3,(H,31,34). The Balaban J connectivity index is 1.22. The average molecular weight is 556 g/mol. The number of benzene rings is 3. The van der Waals surface area contributed by atoms with E-state index in [1.165, 1.54) is 29.1 Å². The molecule has 1 aromatic heterocycles. The van der Waals surface area contributed by atoms with Crippen molar-refractivity contribution in [3.05, 3.63) is 96.4 Å². The van der Waals surface area contributed by atoms with Gasteiger partial charge in [-0.1, -0.05) is 24.3 Å². The number of hydrogen-bond donors (Lipinski definition) is 1. The summed E-state index contributed by atoms with van der Waals surface area (Å²) in [6.07, 6.45) is 2.13. The van der Waals surface area contributed by atoms with E-state index in [2.05, 4.69) is 10.3 Å². The van der Waals surface area contributed by atoms with Gasteiger partial charge in [-0.2, -0.15) is 0 Å². The molecule has 1 amide bonds. The van der Waals surface area contributed by atoms with Crippen molar-refractivity contribution in [2.45, 2.75) is 24.3 Å². The third-order valence-electron chi connectivity index (χ3n) is 5.70. The number of nitrogens with zero attached hydrogens (tertiary/aromatic N) is 2. The third-order valence-corrected chi connectivity index (χ3v) is 6.83. The minimum Gasteiger partial charge on any atom is -0.494 e. The van der Waals surface area contributed by atoms with Crippen molar-refractivity contribution in [3.63, 3.8) is 0 Å². The second-order valence-corrected chi connectivity index (χ2v) is 10.7. The molecular weight excluding hydrogens is 528 g/mol. The largest absolute Gasteiger partial charge is 0.494 e. The number of carbonyl (C=O) groups excluding carboxylic acids is 1. The number of amides is 1. The van der Waals surface area contributed by atoms with Crippen LogP contribution in [0.3, 0.4) is 0 Å². The van der Waals surface area contributed by atoms with Gasteiger partial charge >= 0.3 is 6.03 Å². The van der Waals surface area contributed by atoms with Crippen molar-refractivity contribution in [1.29, 1.82) is 0 Å². The van der Waals surface area contributed by atoms with Gasteiger partial charge < -0.3 is 14.8 Å². The lowest BCUT2D eigenvalue weighted by Gasteiger charge is -2.09. The van der Waals surface area contributed by atoms with Crippen molar-refractivity contribution in [3.8, 4) is 22.8 Å². The number of ether oxygens (including phenoxy) is 2. The molecule has 0 radical (unpaired) electrons. The number of imidazole rings is 1. The smallest absolute Gasteiger partial charge is 0.326 e. The zero-order chi connectivity index (χ0) is 27.8. The Morgan fingerprint density at radius 1 is 1.00 bits per heavy atom. The maximum atomic E-state index is 12.8. The SMILES string of the molecule is CS(=O)(=O)c1ccc(COc2ccc(-c3cn(C(=O)NCCCOc4cccc(C(F)F)c4)cn3)cc2)cc1. The molecule has 4 aromatic rings. The molecule has 11 heteroatoms. The highest BCUT2D eigenvalue weighted by atomic mass is 32.2. The first-order valence-electron chi connectivity index (χ1n) is 12.0. The van der Waals surface area contributed by atoms with E-state index < -0.39 is 16.3 Å². The lowest BCUT2D eigenvalue weighted by atomic mass is 10.1. The number of halogens is 2. The van der Waals surface area contributed by atoms with Gasteiger partial charge in [0.15, 0.2) is 9.84 Å². The lowest BCUT2D eigenvalue weighted by Crippen LogP contribution is -2.29. The number of nitrogens with one attached hydrogen (secondary N) is 1. The summed E-state index contributed by atoms with van der Waals surface area (Å²) in [5.41, 5.74) is 2.14. The molecule has 39 heavy (non-hydrogen) atoms. The monoisotopic (exact) mass is 555 g/mol. The molecule has 0 bridgehead atoms. The maximum absolute atomic E-state index is 12.8. The van der Waals surface area contributed by atoms with Gasteiger partial charge in [0.25, 0.3) is 6.43 Å². The van der Waals surface area contributed by atoms with Crippen LogP contribution in [0.5, 0.6) is 11.5 Å². The molecule has 1 heterocycles. The van der Waals surface area contributed by atoms with Crippen molar-refractivity contribution >= 4 is 15.9 Å². The van der Waals surface area contributed by atoms with Crippen LogP contribution in [0.25, 0.3) is 11.3 Å². The fourth-order valence-electron chi connectivity index (χ4n) is 3.59. The summed E-state index contributed by atoms with van der Waals surface area (Å²) in [5, 5.41) is 2.76. The van der Waals surface area contributed by atoms with Gasteiger partial charge in [0.2, 0.25) is 0 Å². The molecule has 0 aliphatic heterocycles. The predicted octanol–water partition coefficient (Wildman–Crippen LogP) is 5.50. The van der Waals surface area contributed by atoms with Crippen molar-refractivity contribution in [2.75, 3.05) is 19.4 Å². The van der Waals surface area contributed by atoms with Crippen LogP contribution in [0.15, 0.2) is 90.2 Å². The normalized spacial score (nSPS) is 11.4. The van der Waals surface area contributed by atoms with Crippen LogP contribution >= 0.6 is 0 Å². The molecule has 1 N–H and O–H groups in total. The molecule has 0 spiro atoms. The van der Waals surface area contributed by atoms with Gasteiger partial charge in [0.1, 0.15) is 24.4 Å². The Morgan fingerprint density at radius 2 is 1.74 bits per heavy atom. The molecule has 0 fully saturated rings. The number of carbonyl (C=O) groups is 1. The van der Waals surface area contributed by atoms with Crippen molar-refractivity contribution < 1.29 is 31.5 Å². The second-order valence-electron chi connectivity index (χ2n) is 8.70. The highest BCUT2D eigenvalue weighted by molar-refractivity contribution is 7.90. The van der Waals surface area contributed by atoms with Gasteiger partial charge in [-0.3, -0.25) is 4.57 Å². The summed E-state index contributed by atoms with van der Waals surface area (Å²) in [4.78, 5) is 17.0. The van der Waals surface area contributed by atoms with E-state index in [1.54, 1.807) is 48.7 Å². The summed E-state index contributed by atoms with van der Waals surface area (Å²) >= 11 is 0. The second kappa shape index (κ2) is 12.5. The fraction of sp³-hybridized carbons (Fsp3) is 0.214. The van der Waals surface area contributed by atoms with E-state index in [4.69, 9.17) is 9.47 Å². The first kappa shape index (κ1) is 27.8. The molecule has 4 rings (SSSR count). The van der Waals surface area contributed by atoms with E-state index in [1.807, 2.05) is 12.1 Å². The quantitative estimate of drug-likeness (QED) is 0.246. The summed E-state index contributed by atoms with van der Waals surface area (Å²) in [5.74, 6) is 0.990. The highest BCUT2D eigenvalue weighted by Gasteiger charge is 2.10. The van der Waals surface area contributed by atoms with Crippen molar-refractivity contribution in [2.24, 2.45) is 0 Å². The number of hydrogen-bond acceptors (Lipinski definition) is 6. The van der Waals surface area contributed by atoms with Gasteiger partial charge in [-0.05, 0) is 60.5 Å². The topological polar surface area (TPSA) is 99.5 Å². The van der Waals surface area contributed by atoms with Gasteiger partial charge in [-0.15, -0.1) is 0 Å². The zero-order valence-corrected chi connectivity index (χ0v) is 21.9. The Kier molecular flexibility index (Phi) is 8.92. The number of rotatable bonds is 11. The molecule has 8 nitrogen and oxygen atoms in total. The van der Waals surface area contributed by atoms with Crippen LogP contribution in [-0.2, 0) is 16.4 Å². The van der Waals surface area contributed by atoms with E-state index in [9.17, 15) is 22.0 Å². The van der Waals surface area contributed by atoms with E-state index in [0.717, 1.165) is 17.4 Å². The molecule has 3 aromatic carbocycles. The minimum atomic E-state index is -3.24. The van der Waals surface area contributed by atoms with Crippen LogP contribution < -0.4 is 14.8 Å². The van der Waals surface area contributed by atoms with Gasteiger partial charge in [0, 0.05) is 30.1 Å². The molecule has 0 unspecified atom stereocenters. The molecule has 0 aliphatic carbocycles. The van der Waals surface area contributed by atoms with Gasteiger partial charge in [-0.25, -0.2) is 27.0 Å². The summed E-state index contributed by atoms with van der Waals surface area (Å²) in [6.45, 7) is 0.887. The Morgan fingerprint density at radius 3 is 2.44 bits per heavy atom. The molecule has 0 saturated carbocycles. The first-order valence-corrected chi connectivity index (χ1v) is 13.9. The Bertz CT molecular complexity index is 1500. The third kappa shape index (κ3) is 7.87. The lowest BCUT2D eigenvalue weighted by molar-refractivity contribution is 0.151. The van der Waals surface area contributed by atoms with Crippen LogP contribution in [0.2, 0.25) is 0 Å². The highest BCUT2D eigenvalue weighted by Crippen LogP contribution is 2.23. The number of sulfone groups is 1. The maximum Gasteiger partial charge on any atom is 0.326 e. The Hall–Kier alpha value is -4.25. The first-order chi connectivity index (χ1) is 18.7. The summed E-state index contributed by atoms with van der Waals surface area (Å²) in [6, 6.07) is 19.2. The Labute approximate surface area is 225 Å². The van der Waals surface area contributed by atoms with E-state index >= 15 is 0 Å². The number of alkyl halides is 2. The van der Waals surface area contributed by atoms with Gasteiger partial charge in [0.05, 0.1) is 17.2 Å². The molecule has 0 saturated heterocycles. The molecular formula is C28H27F2N3O5S. The number of aromatic nitrogens is 2. The molecule has 204 valence electrons. The minimum absolute atomic E-state index is 0.0993. The van der Waals surface area contributed by atoms with Crippen LogP contribution in [0.4, 0.5) is 13.6 Å². The predicted molar refractivity (Wildman–Crippen MR) is 142 cm³/mol. The van der Waals surface area contributed by atoms with Crippen LogP contribution in [0, 0.1) is 0 Å². The average Bonchev–Trinajstić information content (AvgIpc) is 3.42. The molecule has 0 aliphatic rings. The van der Waals surface area contributed by atoms with Crippen LogP contribution in [-0.4, -0.2) is 43.4 Å².